The zero-order chi connectivity index (χ0) is 16.1. The maximum Gasteiger partial charge on any atom is 0.215 e. The van der Waals surface area contributed by atoms with Crippen molar-refractivity contribution in [3.8, 4) is 5.75 Å². The molecule has 112 valence electrons. The molecule has 2 heterocycles. The Kier molecular flexibility index (Phi) is 2.72. The first kappa shape index (κ1) is 13.5. The average Bonchev–Trinajstić information content (AvgIpc) is 3.05. The first-order valence-corrected chi connectivity index (χ1v) is 7.15. The van der Waals surface area contributed by atoms with Crippen molar-refractivity contribution in [1.29, 1.82) is 0 Å². The lowest BCUT2D eigenvalue weighted by Crippen LogP contribution is -2.11. The van der Waals surface area contributed by atoms with Gasteiger partial charge in [-0.3, -0.25) is 9.59 Å². The number of ketones is 2. The van der Waals surface area contributed by atoms with E-state index in [1.165, 1.54) is 6.92 Å². The number of fused-ring (bicyclic) bond motifs is 2. The number of benzene rings is 2. The van der Waals surface area contributed by atoms with Gasteiger partial charge in [0.15, 0.2) is 11.5 Å². The zero-order valence-corrected chi connectivity index (χ0v) is 12.3. The third-order valence-electron chi connectivity index (χ3n) is 4.02. The van der Waals surface area contributed by atoms with Crippen LogP contribution in [0.2, 0.25) is 0 Å². The molecular weight excluding hydrogens is 292 g/mol. The van der Waals surface area contributed by atoms with E-state index < -0.39 is 0 Å². The summed E-state index contributed by atoms with van der Waals surface area (Å²) in [6.45, 7) is 1.46. The van der Waals surface area contributed by atoms with Gasteiger partial charge < -0.3 is 10.1 Å². The molecule has 1 aliphatic rings. The largest absolute Gasteiger partial charge is 0.505 e. The minimum atomic E-state index is -0.244. The molecular formula is C18H12N2O3. The molecule has 5 heteroatoms. The van der Waals surface area contributed by atoms with Gasteiger partial charge in [-0.15, -0.1) is 0 Å². The highest BCUT2D eigenvalue weighted by molar-refractivity contribution is 6.55. The van der Waals surface area contributed by atoms with Gasteiger partial charge in [0.25, 0.3) is 0 Å². The Hall–Kier alpha value is -3.21. The molecule has 1 aliphatic heterocycles. The van der Waals surface area contributed by atoms with Crippen molar-refractivity contribution in [3.05, 3.63) is 59.3 Å². The molecule has 0 atom stereocenters. The Morgan fingerprint density at radius 1 is 1.13 bits per heavy atom. The number of nitrogens with zero attached hydrogens (tertiary/aromatic N) is 1. The van der Waals surface area contributed by atoms with E-state index in [1.54, 1.807) is 42.5 Å². The number of carbonyl (C=O) groups excluding carboxylic acids is 2. The second-order valence-corrected chi connectivity index (χ2v) is 5.44. The lowest BCUT2D eigenvalue weighted by atomic mass is 10.1. The van der Waals surface area contributed by atoms with E-state index in [1.807, 2.05) is 0 Å². The number of aromatic hydroxyl groups is 1. The molecule has 3 aromatic rings. The Morgan fingerprint density at radius 2 is 1.91 bits per heavy atom. The van der Waals surface area contributed by atoms with E-state index in [0.29, 0.717) is 27.7 Å². The molecule has 2 N–H and O–H groups in total. The number of aromatic nitrogens is 1. The van der Waals surface area contributed by atoms with Crippen LogP contribution in [0.5, 0.6) is 5.75 Å². The summed E-state index contributed by atoms with van der Waals surface area (Å²) in [6, 6.07) is 12.1. The molecule has 5 nitrogen and oxygen atoms in total. The van der Waals surface area contributed by atoms with Crippen LogP contribution in [-0.2, 0) is 0 Å². The molecule has 4 rings (SSSR count). The molecule has 2 aromatic carbocycles. The van der Waals surface area contributed by atoms with E-state index in [0.717, 1.165) is 0 Å². The normalized spacial score (nSPS) is 13.3. The number of nitrogens with one attached hydrogen (secondary N) is 1. The fourth-order valence-electron chi connectivity index (χ4n) is 2.90. The van der Waals surface area contributed by atoms with E-state index in [4.69, 9.17) is 0 Å². The number of rotatable bonds is 2. The Bertz CT molecular complexity index is 1030. The summed E-state index contributed by atoms with van der Waals surface area (Å²) in [6.07, 6.45) is 0. The SMILES string of the molecule is CC(=O)c1cccc2c(O)c(C3=Nc4ccccc4C3=O)[nH]c12. The number of para-hydroxylation sites is 2. The summed E-state index contributed by atoms with van der Waals surface area (Å²) < 4.78 is 0. The lowest BCUT2D eigenvalue weighted by molar-refractivity contribution is 0.101. The maximum absolute atomic E-state index is 12.5. The third kappa shape index (κ3) is 1.83. The van der Waals surface area contributed by atoms with Crippen LogP contribution >= 0.6 is 0 Å². The van der Waals surface area contributed by atoms with Crippen LogP contribution in [0.15, 0.2) is 47.5 Å². The number of hydrogen-bond donors (Lipinski definition) is 2. The van der Waals surface area contributed by atoms with Gasteiger partial charge in [0.2, 0.25) is 5.78 Å². The van der Waals surface area contributed by atoms with Crippen molar-refractivity contribution in [2.75, 3.05) is 0 Å². The minimum Gasteiger partial charge on any atom is -0.505 e. The van der Waals surface area contributed by atoms with Gasteiger partial charge >= 0.3 is 0 Å². The van der Waals surface area contributed by atoms with E-state index >= 15 is 0 Å². The van der Waals surface area contributed by atoms with Crippen LogP contribution in [0, 0.1) is 0 Å². The third-order valence-corrected chi connectivity index (χ3v) is 4.02. The van der Waals surface area contributed by atoms with Crippen LogP contribution in [-0.4, -0.2) is 27.4 Å². The van der Waals surface area contributed by atoms with Crippen molar-refractivity contribution in [2.24, 2.45) is 4.99 Å². The molecule has 0 unspecified atom stereocenters. The number of Topliss-reactive ketones (excluding diaryl/α,β-unsaturated/α-hetero) is 2. The van der Waals surface area contributed by atoms with Crippen molar-refractivity contribution in [1.82, 2.24) is 4.98 Å². The van der Waals surface area contributed by atoms with Crippen LogP contribution in [0.4, 0.5) is 5.69 Å². The highest BCUT2D eigenvalue weighted by Gasteiger charge is 2.29. The van der Waals surface area contributed by atoms with Gasteiger partial charge in [-0.2, -0.15) is 0 Å². The molecule has 0 fully saturated rings. The van der Waals surface area contributed by atoms with Gasteiger partial charge in [0.05, 0.1) is 11.2 Å². The zero-order valence-electron chi connectivity index (χ0n) is 12.3. The van der Waals surface area contributed by atoms with Crippen molar-refractivity contribution >= 4 is 33.9 Å². The highest BCUT2D eigenvalue weighted by Crippen LogP contribution is 2.35. The second-order valence-electron chi connectivity index (χ2n) is 5.44. The summed E-state index contributed by atoms with van der Waals surface area (Å²) in [7, 11) is 0. The van der Waals surface area contributed by atoms with Crippen LogP contribution in [0.3, 0.4) is 0 Å². The summed E-state index contributed by atoms with van der Waals surface area (Å²) in [5, 5.41) is 11.0. The minimum absolute atomic E-state index is 0.0667. The highest BCUT2D eigenvalue weighted by atomic mass is 16.3. The topological polar surface area (TPSA) is 82.5 Å². The summed E-state index contributed by atoms with van der Waals surface area (Å²) in [4.78, 5) is 31.6. The fourth-order valence-corrected chi connectivity index (χ4v) is 2.90. The van der Waals surface area contributed by atoms with Crippen LogP contribution in [0.1, 0.15) is 33.3 Å². The van der Waals surface area contributed by atoms with Gasteiger partial charge in [-0.25, -0.2) is 4.99 Å². The van der Waals surface area contributed by atoms with E-state index in [-0.39, 0.29) is 28.7 Å². The summed E-state index contributed by atoms with van der Waals surface area (Å²) in [5.41, 5.74) is 2.47. The average molecular weight is 304 g/mol. The molecule has 0 aliphatic carbocycles. The van der Waals surface area contributed by atoms with Gasteiger partial charge in [0.1, 0.15) is 11.4 Å². The van der Waals surface area contributed by atoms with Crippen molar-refractivity contribution < 1.29 is 14.7 Å². The molecule has 1 aromatic heterocycles. The summed E-state index contributed by atoms with van der Waals surface area (Å²) in [5.74, 6) is -0.429. The molecule has 0 bridgehead atoms. The van der Waals surface area contributed by atoms with Gasteiger partial charge in [0, 0.05) is 16.5 Å². The first-order chi connectivity index (χ1) is 11.1. The fraction of sp³-hybridized carbons (Fsp3) is 0.0556. The maximum atomic E-state index is 12.5. The summed E-state index contributed by atoms with van der Waals surface area (Å²) >= 11 is 0. The molecule has 23 heavy (non-hydrogen) atoms. The van der Waals surface area contributed by atoms with Crippen LogP contribution < -0.4 is 0 Å². The first-order valence-electron chi connectivity index (χ1n) is 7.15. The number of carbonyl (C=O) groups is 2. The van der Waals surface area contributed by atoms with Gasteiger partial charge in [-0.05, 0) is 31.2 Å². The predicted molar refractivity (Wildman–Crippen MR) is 86.9 cm³/mol. The molecule has 0 spiro atoms. The monoisotopic (exact) mass is 304 g/mol. The standard InChI is InChI=1S/C18H12N2O3/c1-9(21)10-6-4-7-12-14(10)20-16(18(12)23)15-17(22)11-5-2-3-8-13(11)19-15/h2-8,20,23H,1H3. The Labute approximate surface area is 131 Å². The predicted octanol–water partition coefficient (Wildman–Crippen LogP) is 3.39. The van der Waals surface area contributed by atoms with Crippen molar-refractivity contribution in [3.63, 3.8) is 0 Å². The van der Waals surface area contributed by atoms with Crippen LogP contribution in [0.25, 0.3) is 10.9 Å². The molecule has 0 saturated carbocycles. The Balaban J connectivity index is 1.95. The lowest BCUT2D eigenvalue weighted by Gasteiger charge is -1.97. The van der Waals surface area contributed by atoms with E-state index in [9.17, 15) is 14.7 Å². The number of aromatic amines is 1. The number of aliphatic imine (C=N–C) groups is 1. The molecule has 0 saturated heterocycles. The quantitative estimate of drug-likeness (QED) is 0.712. The second kappa shape index (κ2) is 4.64. The Morgan fingerprint density at radius 3 is 2.65 bits per heavy atom. The number of H-pyrrole nitrogens is 1. The smallest absolute Gasteiger partial charge is 0.215 e. The molecule has 0 radical (unpaired) electrons. The molecule has 0 amide bonds. The number of hydrogen-bond acceptors (Lipinski definition) is 4. The van der Waals surface area contributed by atoms with E-state index in [2.05, 4.69) is 9.98 Å². The van der Waals surface area contributed by atoms with Gasteiger partial charge in [-0.1, -0.05) is 18.2 Å². The van der Waals surface area contributed by atoms with Crippen molar-refractivity contribution in [2.45, 2.75) is 6.92 Å².